The van der Waals surface area contributed by atoms with Gasteiger partial charge in [-0.1, -0.05) is 78.9 Å². The van der Waals surface area contributed by atoms with Crippen LogP contribution < -0.4 is 14.8 Å². The number of methoxy groups -OCH3 is 2. The fourth-order valence-corrected chi connectivity index (χ4v) is 4.37. The second-order valence-corrected chi connectivity index (χ2v) is 8.37. The van der Waals surface area contributed by atoms with E-state index in [0.717, 1.165) is 27.6 Å². The highest BCUT2D eigenvalue weighted by atomic mass is 16.5. The molecule has 5 nitrogen and oxygen atoms in total. The number of amides is 1. The molecule has 0 aliphatic rings. The van der Waals surface area contributed by atoms with E-state index < -0.39 is 0 Å². The fourth-order valence-electron chi connectivity index (χ4n) is 4.37. The minimum absolute atomic E-state index is 0.173. The number of para-hydroxylation sites is 1. The lowest BCUT2D eigenvalue weighted by atomic mass is 9.97. The summed E-state index contributed by atoms with van der Waals surface area (Å²) in [4.78, 5) is 18.7. The fraction of sp³-hybridized carbons (Fsp3) is 0.0968. The zero-order chi connectivity index (χ0) is 24.9. The van der Waals surface area contributed by atoms with Crippen molar-refractivity contribution in [3.63, 3.8) is 0 Å². The van der Waals surface area contributed by atoms with Crippen molar-refractivity contribution in [3.8, 4) is 22.8 Å². The molecular weight excluding hydrogens is 448 g/mol. The number of nitrogens with one attached hydrogen (secondary N) is 1. The summed E-state index contributed by atoms with van der Waals surface area (Å²) in [5, 5.41) is 4.06. The summed E-state index contributed by atoms with van der Waals surface area (Å²) in [6.45, 7) is 0. The van der Waals surface area contributed by atoms with Crippen LogP contribution in [0, 0.1) is 0 Å². The Morgan fingerprint density at radius 2 is 1.33 bits per heavy atom. The number of fused-ring (bicyclic) bond motifs is 1. The first-order chi connectivity index (χ1) is 17.7. The van der Waals surface area contributed by atoms with Gasteiger partial charge in [-0.15, -0.1) is 0 Å². The molecule has 5 heteroatoms. The van der Waals surface area contributed by atoms with Gasteiger partial charge in [-0.05, 0) is 41.5 Å². The number of nitrogens with zero attached hydrogens (tertiary/aromatic N) is 1. The Morgan fingerprint density at radius 3 is 1.97 bits per heavy atom. The number of benzene rings is 4. The van der Waals surface area contributed by atoms with E-state index >= 15 is 0 Å². The standard InChI is InChI=1S/C31H26N2O3/c1-35-28-18-17-23(19-29(28)36-2)27-20-25(24-15-9-10-16-26(24)32-27)31(34)33-30(21-11-5-3-6-12-21)22-13-7-4-8-14-22/h3-20,30H,1-2H3,(H,33,34). The SMILES string of the molecule is COc1ccc(-c2cc(C(=O)NC(c3ccccc3)c3ccccc3)c3ccccc3n2)cc1OC. The van der Waals surface area contributed by atoms with E-state index in [1.165, 1.54) is 0 Å². The first-order valence-corrected chi connectivity index (χ1v) is 11.7. The van der Waals surface area contributed by atoms with Gasteiger partial charge in [0, 0.05) is 10.9 Å². The quantitative estimate of drug-likeness (QED) is 0.295. The summed E-state index contributed by atoms with van der Waals surface area (Å²) in [6.07, 6.45) is 0. The highest BCUT2D eigenvalue weighted by Gasteiger charge is 2.20. The third-order valence-electron chi connectivity index (χ3n) is 6.18. The zero-order valence-electron chi connectivity index (χ0n) is 20.1. The van der Waals surface area contributed by atoms with E-state index in [-0.39, 0.29) is 11.9 Å². The van der Waals surface area contributed by atoms with E-state index in [2.05, 4.69) is 5.32 Å². The van der Waals surface area contributed by atoms with Gasteiger partial charge >= 0.3 is 0 Å². The number of carbonyl (C=O) groups is 1. The topological polar surface area (TPSA) is 60.5 Å². The molecule has 178 valence electrons. The lowest BCUT2D eigenvalue weighted by Crippen LogP contribution is -2.29. The smallest absolute Gasteiger partial charge is 0.252 e. The molecule has 0 aliphatic carbocycles. The minimum Gasteiger partial charge on any atom is -0.493 e. The monoisotopic (exact) mass is 474 g/mol. The molecule has 1 N–H and O–H groups in total. The maximum Gasteiger partial charge on any atom is 0.252 e. The number of pyridine rings is 1. The molecule has 0 spiro atoms. The summed E-state index contributed by atoms with van der Waals surface area (Å²) in [5.41, 5.74) is 4.82. The van der Waals surface area contributed by atoms with Gasteiger partial charge in [-0.3, -0.25) is 4.79 Å². The molecule has 0 aliphatic heterocycles. The number of aromatic nitrogens is 1. The number of rotatable bonds is 7. The average molecular weight is 475 g/mol. The number of ether oxygens (including phenoxy) is 2. The number of hydrogen-bond donors (Lipinski definition) is 1. The van der Waals surface area contributed by atoms with E-state index in [9.17, 15) is 4.79 Å². The maximum absolute atomic E-state index is 13.8. The largest absolute Gasteiger partial charge is 0.493 e. The summed E-state index contributed by atoms with van der Waals surface area (Å²) < 4.78 is 10.9. The lowest BCUT2D eigenvalue weighted by molar-refractivity contribution is 0.0944. The molecule has 5 aromatic rings. The molecule has 0 unspecified atom stereocenters. The number of hydrogen-bond acceptors (Lipinski definition) is 4. The molecule has 1 heterocycles. The second-order valence-electron chi connectivity index (χ2n) is 8.37. The van der Waals surface area contributed by atoms with Gasteiger partial charge in [-0.2, -0.15) is 0 Å². The van der Waals surface area contributed by atoms with Crippen LogP contribution in [-0.4, -0.2) is 25.1 Å². The van der Waals surface area contributed by atoms with Crippen LogP contribution in [0.5, 0.6) is 11.5 Å². The molecule has 0 saturated carbocycles. The molecular formula is C31H26N2O3. The number of carbonyl (C=O) groups excluding carboxylic acids is 1. The van der Waals surface area contributed by atoms with Crippen LogP contribution in [0.2, 0.25) is 0 Å². The Labute approximate surface area is 210 Å². The first kappa shape index (κ1) is 23.1. The molecule has 36 heavy (non-hydrogen) atoms. The lowest BCUT2D eigenvalue weighted by Gasteiger charge is -2.21. The second kappa shape index (κ2) is 10.3. The highest BCUT2D eigenvalue weighted by molar-refractivity contribution is 6.07. The van der Waals surface area contributed by atoms with Gasteiger partial charge in [0.1, 0.15) is 0 Å². The van der Waals surface area contributed by atoms with Crippen LogP contribution >= 0.6 is 0 Å². The van der Waals surface area contributed by atoms with Gasteiger partial charge < -0.3 is 14.8 Å². The summed E-state index contributed by atoms with van der Waals surface area (Å²) in [6, 6.07) is 34.8. The predicted octanol–water partition coefficient (Wildman–Crippen LogP) is 6.44. The van der Waals surface area contributed by atoms with Crippen LogP contribution in [0.25, 0.3) is 22.2 Å². The highest BCUT2D eigenvalue weighted by Crippen LogP contribution is 2.33. The van der Waals surface area contributed by atoms with E-state index in [1.54, 1.807) is 14.2 Å². The van der Waals surface area contributed by atoms with Crippen molar-refractivity contribution < 1.29 is 14.3 Å². The Bertz CT molecular complexity index is 1460. The average Bonchev–Trinajstić information content (AvgIpc) is 2.95. The Kier molecular flexibility index (Phi) is 6.63. The molecule has 0 atom stereocenters. The Balaban J connectivity index is 1.59. The van der Waals surface area contributed by atoms with Crippen molar-refractivity contribution in [3.05, 3.63) is 126 Å². The van der Waals surface area contributed by atoms with Crippen LogP contribution in [0.15, 0.2) is 109 Å². The van der Waals surface area contributed by atoms with Crippen LogP contribution in [-0.2, 0) is 0 Å². The normalized spacial score (nSPS) is 10.9. The molecule has 0 fully saturated rings. The van der Waals surface area contributed by atoms with Gasteiger partial charge in [0.2, 0.25) is 0 Å². The first-order valence-electron chi connectivity index (χ1n) is 11.7. The van der Waals surface area contributed by atoms with Crippen molar-refractivity contribution in [2.24, 2.45) is 0 Å². The Hall–Kier alpha value is -4.64. The van der Waals surface area contributed by atoms with Gasteiger partial charge in [0.15, 0.2) is 11.5 Å². The van der Waals surface area contributed by atoms with E-state index in [4.69, 9.17) is 14.5 Å². The molecule has 1 aromatic heterocycles. The van der Waals surface area contributed by atoms with Crippen molar-refractivity contribution in [1.82, 2.24) is 10.3 Å². The third-order valence-corrected chi connectivity index (χ3v) is 6.18. The molecule has 0 radical (unpaired) electrons. The Morgan fingerprint density at radius 1 is 0.722 bits per heavy atom. The summed E-state index contributed by atoms with van der Waals surface area (Å²) in [5.74, 6) is 1.06. The third kappa shape index (κ3) is 4.64. The molecule has 5 rings (SSSR count). The van der Waals surface area contributed by atoms with Gasteiger partial charge in [0.25, 0.3) is 5.91 Å². The van der Waals surface area contributed by atoms with Crippen LogP contribution in [0.4, 0.5) is 0 Å². The predicted molar refractivity (Wildman–Crippen MR) is 142 cm³/mol. The van der Waals surface area contributed by atoms with Crippen molar-refractivity contribution in [1.29, 1.82) is 0 Å². The summed E-state index contributed by atoms with van der Waals surface area (Å²) >= 11 is 0. The van der Waals surface area contributed by atoms with Crippen LogP contribution in [0.3, 0.4) is 0 Å². The molecule has 0 bridgehead atoms. The van der Waals surface area contributed by atoms with E-state index in [0.29, 0.717) is 22.8 Å². The molecule has 4 aromatic carbocycles. The van der Waals surface area contributed by atoms with Crippen molar-refractivity contribution in [2.75, 3.05) is 14.2 Å². The maximum atomic E-state index is 13.8. The van der Waals surface area contributed by atoms with Crippen molar-refractivity contribution >= 4 is 16.8 Å². The minimum atomic E-state index is -0.295. The van der Waals surface area contributed by atoms with Crippen LogP contribution in [0.1, 0.15) is 27.5 Å². The summed E-state index contributed by atoms with van der Waals surface area (Å²) in [7, 11) is 3.20. The van der Waals surface area contributed by atoms with Gasteiger partial charge in [-0.25, -0.2) is 4.98 Å². The zero-order valence-corrected chi connectivity index (χ0v) is 20.1. The molecule has 0 saturated heterocycles. The van der Waals surface area contributed by atoms with E-state index in [1.807, 2.05) is 109 Å². The van der Waals surface area contributed by atoms with Crippen molar-refractivity contribution in [2.45, 2.75) is 6.04 Å². The molecule has 1 amide bonds. The van der Waals surface area contributed by atoms with Gasteiger partial charge in [0.05, 0.1) is 37.0 Å².